The minimum Gasteiger partial charge on any atom is -0.507 e. The van der Waals surface area contributed by atoms with E-state index in [1.807, 2.05) is 24.1 Å². The first-order valence-corrected chi connectivity index (χ1v) is 7.65. The lowest BCUT2D eigenvalue weighted by Gasteiger charge is -2.33. The molecular formula is C12H17BrN2OS. The average molecular weight is 317 g/mol. The van der Waals surface area contributed by atoms with Crippen LogP contribution in [0.1, 0.15) is 5.56 Å². The predicted octanol–water partition coefficient (Wildman–Crippen LogP) is 2.55. The summed E-state index contributed by atoms with van der Waals surface area (Å²) < 4.78 is 3.17. The molecule has 1 aliphatic heterocycles. The Kier molecular flexibility index (Phi) is 4.73. The summed E-state index contributed by atoms with van der Waals surface area (Å²) in [7, 11) is 0. The summed E-state index contributed by atoms with van der Waals surface area (Å²) in [5.74, 6) is 0.306. The van der Waals surface area contributed by atoms with Crippen LogP contribution in [0.3, 0.4) is 0 Å². The fourth-order valence-corrected chi connectivity index (χ4v) is 2.93. The van der Waals surface area contributed by atoms with E-state index in [1.165, 1.54) is 5.56 Å². The molecule has 1 heterocycles. The van der Waals surface area contributed by atoms with Gasteiger partial charge in [0.25, 0.3) is 0 Å². The Morgan fingerprint density at radius 1 is 1.29 bits per heavy atom. The van der Waals surface area contributed by atoms with Crippen LogP contribution >= 0.6 is 27.9 Å². The van der Waals surface area contributed by atoms with Gasteiger partial charge in [-0.05, 0) is 39.9 Å². The molecule has 0 atom stereocenters. The van der Waals surface area contributed by atoms with Gasteiger partial charge in [0.2, 0.25) is 0 Å². The number of phenols is 1. The van der Waals surface area contributed by atoms with Crippen molar-refractivity contribution >= 4 is 27.9 Å². The number of phenolic OH excluding ortho intramolecular Hbond substituents is 1. The molecule has 0 aliphatic carbocycles. The van der Waals surface area contributed by atoms with Crippen LogP contribution in [0.4, 0.5) is 0 Å². The van der Waals surface area contributed by atoms with Crippen molar-refractivity contribution in [2.45, 2.75) is 6.54 Å². The minimum absolute atomic E-state index is 0.306. The third kappa shape index (κ3) is 3.61. The molecule has 1 aromatic carbocycles. The summed E-state index contributed by atoms with van der Waals surface area (Å²) in [6.07, 6.45) is 2.13. The van der Waals surface area contributed by atoms with Gasteiger partial charge >= 0.3 is 0 Å². The van der Waals surface area contributed by atoms with Gasteiger partial charge in [-0.3, -0.25) is 4.90 Å². The number of aromatic hydroxyl groups is 1. The van der Waals surface area contributed by atoms with Gasteiger partial charge in [-0.15, -0.1) is 0 Å². The zero-order valence-electron chi connectivity index (χ0n) is 9.90. The summed E-state index contributed by atoms with van der Waals surface area (Å²) in [5, 5.41) is 9.45. The maximum Gasteiger partial charge on any atom is 0.129 e. The molecule has 3 nitrogen and oxygen atoms in total. The Labute approximate surface area is 115 Å². The lowest BCUT2D eigenvalue weighted by atomic mass is 10.2. The highest BCUT2D eigenvalue weighted by molar-refractivity contribution is 9.10. The van der Waals surface area contributed by atoms with Crippen molar-refractivity contribution in [3.63, 3.8) is 0 Å². The normalized spacial score (nSPS) is 18.5. The number of hydrogen-bond donors (Lipinski definition) is 1. The van der Waals surface area contributed by atoms with E-state index in [-0.39, 0.29) is 0 Å². The molecular weight excluding hydrogens is 300 g/mol. The zero-order chi connectivity index (χ0) is 12.3. The van der Waals surface area contributed by atoms with Gasteiger partial charge < -0.3 is 5.11 Å². The monoisotopic (exact) mass is 316 g/mol. The molecule has 1 aromatic rings. The number of halogens is 1. The van der Waals surface area contributed by atoms with Gasteiger partial charge in [-0.2, -0.15) is 0 Å². The van der Waals surface area contributed by atoms with Crippen molar-refractivity contribution in [2.24, 2.45) is 0 Å². The molecule has 1 fully saturated rings. The second kappa shape index (κ2) is 6.09. The van der Waals surface area contributed by atoms with Crippen molar-refractivity contribution in [2.75, 3.05) is 32.4 Å². The smallest absolute Gasteiger partial charge is 0.129 e. The number of nitrogens with zero attached hydrogens (tertiary/aromatic N) is 2. The number of benzene rings is 1. The van der Waals surface area contributed by atoms with Gasteiger partial charge in [0, 0.05) is 32.7 Å². The van der Waals surface area contributed by atoms with Crippen LogP contribution in [0.2, 0.25) is 0 Å². The average Bonchev–Trinajstić information content (AvgIpc) is 2.35. The topological polar surface area (TPSA) is 26.7 Å². The van der Waals surface area contributed by atoms with Gasteiger partial charge in [0.1, 0.15) is 5.75 Å². The summed E-state index contributed by atoms with van der Waals surface area (Å²) in [4.78, 5) is 2.45. The van der Waals surface area contributed by atoms with Crippen LogP contribution in [0, 0.1) is 0 Å². The first-order valence-electron chi connectivity index (χ1n) is 5.68. The zero-order valence-corrected chi connectivity index (χ0v) is 12.3. The lowest BCUT2D eigenvalue weighted by Crippen LogP contribution is -2.42. The Morgan fingerprint density at radius 2 is 2.00 bits per heavy atom. The van der Waals surface area contributed by atoms with Crippen molar-refractivity contribution in [1.29, 1.82) is 0 Å². The van der Waals surface area contributed by atoms with Crippen LogP contribution in [-0.2, 0) is 6.54 Å². The van der Waals surface area contributed by atoms with E-state index in [2.05, 4.69) is 31.4 Å². The fourth-order valence-electron chi connectivity index (χ4n) is 1.98. The fraction of sp³-hybridized carbons (Fsp3) is 0.500. The van der Waals surface area contributed by atoms with E-state index in [4.69, 9.17) is 0 Å². The van der Waals surface area contributed by atoms with Crippen molar-refractivity contribution in [3.05, 3.63) is 28.2 Å². The molecule has 0 radical (unpaired) electrons. The quantitative estimate of drug-likeness (QED) is 0.867. The largest absolute Gasteiger partial charge is 0.507 e. The summed E-state index contributed by atoms with van der Waals surface area (Å²) in [6, 6.07) is 5.73. The van der Waals surface area contributed by atoms with Gasteiger partial charge in [0.15, 0.2) is 0 Å². The molecule has 0 aromatic heterocycles. The van der Waals surface area contributed by atoms with Gasteiger partial charge in [-0.25, -0.2) is 4.31 Å². The second-order valence-corrected chi connectivity index (χ2v) is 5.91. The van der Waals surface area contributed by atoms with Crippen LogP contribution in [-0.4, -0.2) is 46.7 Å². The molecule has 1 saturated heterocycles. The molecule has 0 saturated carbocycles. The minimum atomic E-state index is 0.306. The predicted molar refractivity (Wildman–Crippen MR) is 76.2 cm³/mol. The highest BCUT2D eigenvalue weighted by Gasteiger charge is 2.16. The molecule has 17 heavy (non-hydrogen) atoms. The van der Waals surface area contributed by atoms with E-state index in [0.29, 0.717) is 5.75 Å². The second-order valence-electron chi connectivity index (χ2n) is 4.17. The Balaban J connectivity index is 1.91. The standard InChI is InChI=1S/C12H17BrN2OS/c1-17-15-6-4-14(5-7-15)9-10-2-3-12(16)11(13)8-10/h2-3,8,16H,4-7,9H2,1H3. The van der Waals surface area contributed by atoms with Gasteiger partial charge in [-0.1, -0.05) is 18.0 Å². The Morgan fingerprint density at radius 3 is 2.59 bits per heavy atom. The molecule has 5 heteroatoms. The molecule has 0 bridgehead atoms. The van der Waals surface area contributed by atoms with E-state index in [9.17, 15) is 5.11 Å². The molecule has 94 valence electrons. The van der Waals surface area contributed by atoms with Crippen LogP contribution < -0.4 is 0 Å². The summed E-state index contributed by atoms with van der Waals surface area (Å²) in [6.45, 7) is 5.43. The van der Waals surface area contributed by atoms with Gasteiger partial charge in [0.05, 0.1) is 4.47 Å². The van der Waals surface area contributed by atoms with E-state index >= 15 is 0 Å². The van der Waals surface area contributed by atoms with Crippen LogP contribution in [0.5, 0.6) is 5.75 Å². The third-order valence-electron chi connectivity index (χ3n) is 3.01. The van der Waals surface area contributed by atoms with Crippen LogP contribution in [0.15, 0.2) is 22.7 Å². The maximum atomic E-state index is 9.45. The Bertz CT molecular complexity index is 381. The SMILES string of the molecule is CSN1CCN(Cc2ccc(O)c(Br)c2)CC1. The number of piperazine rings is 1. The van der Waals surface area contributed by atoms with E-state index in [1.54, 1.807) is 6.07 Å². The third-order valence-corrected chi connectivity index (χ3v) is 4.52. The van der Waals surface area contributed by atoms with E-state index < -0.39 is 0 Å². The molecule has 0 spiro atoms. The summed E-state index contributed by atoms with van der Waals surface area (Å²) in [5.41, 5.74) is 1.24. The lowest BCUT2D eigenvalue weighted by molar-refractivity contribution is 0.189. The summed E-state index contributed by atoms with van der Waals surface area (Å²) >= 11 is 5.18. The molecule has 2 rings (SSSR count). The molecule has 0 unspecified atom stereocenters. The maximum absolute atomic E-state index is 9.45. The number of hydrogen-bond acceptors (Lipinski definition) is 4. The Hall–Kier alpha value is -0.230. The van der Waals surface area contributed by atoms with E-state index in [0.717, 1.165) is 37.2 Å². The van der Waals surface area contributed by atoms with Crippen molar-refractivity contribution in [1.82, 2.24) is 9.21 Å². The highest BCUT2D eigenvalue weighted by Crippen LogP contribution is 2.25. The van der Waals surface area contributed by atoms with Crippen LogP contribution in [0.25, 0.3) is 0 Å². The highest BCUT2D eigenvalue weighted by atomic mass is 79.9. The first-order chi connectivity index (χ1) is 8.19. The van der Waals surface area contributed by atoms with Crippen molar-refractivity contribution < 1.29 is 5.11 Å². The molecule has 1 aliphatic rings. The van der Waals surface area contributed by atoms with Crippen molar-refractivity contribution in [3.8, 4) is 5.75 Å². The first kappa shape index (κ1) is 13.2. The molecule has 0 amide bonds. The molecule has 1 N–H and O–H groups in total. The number of rotatable bonds is 3.